The number of rotatable bonds is 3. The minimum absolute atomic E-state index is 0.183. The Hall–Kier alpha value is -2.64. The molecule has 30 heavy (non-hydrogen) atoms. The van der Waals surface area contributed by atoms with Gasteiger partial charge in [-0.15, -0.1) is 23.1 Å². The summed E-state index contributed by atoms with van der Waals surface area (Å²) < 4.78 is 14.3. The van der Waals surface area contributed by atoms with Gasteiger partial charge in [0.05, 0.1) is 17.1 Å². The zero-order valence-corrected chi connectivity index (χ0v) is 17.9. The molecule has 1 saturated heterocycles. The third-order valence-electron chi connectivity index (χ3n) is 5.56. The SMILES string of the molecule is Cc1cccc(CN2C(=O)C3(SCCN3C(=O)c3cccs3)c3cc(F)ccc32)c1. The first kappa shape index (κ1) is 19.3. The molecule has 3 aromatic rings. The van der Waals surface area contributed by atoms with Crippen LogP contribution in [0.2, 0.25) is 0 Å². The number of halogens is 1. The lowest BCUT2D eigenvalue weighted by Crippen LogP contribution is -2.50. The van der Waals surface area contributed by atoms with Gasteiger partial charge in [-0.1, -0.05) is 35.9 Å². The monoisotopic (exact) mass is 438 g/mol. The molecule has 0 saturated carbocycles. The molecule has 4 nitrogen and oxygen atoms in total. The van der Waals surface area contributed by atoms with E-state index in [0.717, 1.165) is 11.1 Å². The molecule has 2 amide bonds. The second-order valence-corrected chi connectivity index (χ2v) is 9.70. The zero-order valence-electron chi connectivity index (χ0n) is 16.3. The number of thiophene rings is 1. The van der Waals surface area contributed by atoms with Gasteiger partial charge < -0.3 is 9.80 Å². The first-order chi connectivity index (χ1) is 14.5. The van der Waals surface area contributed by atoms with Gasteiger partial charge in [-0.25, -0.2) is 4.39 Å². The number of amides is 2. The molecule has 2 aromatic carbocycles. The van der Waals surface area contributed by atoms with Gasteiger partial charge in [-0.2, -0.15) is 0 Å². The molecular weight excluding hydrogens is 419 g/mol. The second-order valence-electron chi connectivity index (χ2n) is 7.47. The molecule has 1 unspecified atom stereocenters. The fraction of sp³-hybridized carbons (Fsp3) is 0.217. The number of aryl methyl sites for hydroxylation is 1. The Kier molecular flexibility index (Phi) is 4.67. The number of carbonyl (C=O) groups is 2. The molecule has 0 N–H and O–H groups in total. The van der Waals surface area contributed by atoms with E-state index in [0.29, 0.717) is 35.0 Å². The van der Waals surface area contributed by atoms with E-state index < -0.39 is 10.7 Å². The number of thioether (sulfide) groups is 1. The van der Waals surface area contributed by atoms with Gasteiger partial charge >= 0.3 is 0 Å². The maximum absolute atomic E-state index is 14.3. The Morgan fingerprint density at radius 1 is 1.17 bits per heavy atom. The van der Waals surface area contributed by atoms with Crippen LogP contribution < -0.4 is 4.90 Å². The molecule has 5 rings (SSSR count). The summed E-state index contributed by atoms with van der Waals surface area (Å²) in [5, 5.41) is 1.84. The van der Waals surface area contributed by atoms with Crippen LogP contribution in [0.3, 0.4) is 0 Å². The molecule has 0 aliphatic carbocycles. The molecule has 152 valence electrons. The van der Waals surface area contributed by atoms with Crippen molar-refractivity contribution in [1.29, 1.82) is 0 Å². The van der Waals surface area contributed by atoms with Gasteiger partial charge in [-0.05, 0) is 42.1 Å². The van der Waals surface area contributed by atoms with Crippen molar-refractivity contribution in [3.63, 3.8) is 0 Å². The lowest BCUT2D eigenvalue weighted by Gasteiger charge is -2.33. The third kappa shape index (κ3) is 2.87. The van der Waals surface area contributed by atoms with Crippen molar-refractivity contribution in [3.05, 3.63) is 87.4 Å². The molecule has 0 radical (unpaired) electrons. The maximum Gasteiger partial charge on any atom is 0.268 e. The molecule has 2 aliphatic rings. The van der Waals surface area contributed by atoms with Crippen LogP contribution in [0.1, 0.15) is 26.4 Å². The normalized spacial score (nSPS) is 20.3. The first-order valence-corrected chi connectivity index (χ1v) is 11.5. The van der Waals surface area contributed by atoms with E-state index in [4.69, 9.17) is 0 Å². The first-order valence-electron chi connectivity index (χ1n) is 9.68. The molecule has 2 aliphatic heterocycles. The number of carbonyl (C=O) groups excluding carboxylic acids is 2. The lowest BCUT2D eigenvalue weighted by molar-refractivity contribution is -0.123. The van der Waals surface area contributed by atoms with Crippen molar-refractivity contribution in [1.82, 2.24) is 4.90 Å². The summed E-state index contributed by atoms with van der Waals surface area (Å²) in [5.41, 5.74) is 3.33. The standard InChI is InChI=1S/C23H19FN2O2S2/c1-15-4-2-5-16(12-15)14-25-19-8-7-17(24)13-18(19)23(22(25)28)26(9-11-30-23)21(27)20-6-3-10-29-20/h2-8,10,12-13H,9,11,14H2,1H3. The molecule has 0 bridgehead atoms. The number of fused-ring (bicyclic) bond motifs is 2. The molecule has 3 heterocycles. The van der Waals surface area contributed by atoms with Crippen molar-refractivity contribution in [2.45, 2.75) is 18.3 Å². The quantitative estimate of drug-likeness (QED) is 0.591. The predicted molar refractivity (Wildman–Crippen MR) is 118 cm³/mol. The highest BCUT2D eigenvalue weighted by Gasteiger charge is 2.59. The summed E-state index contributed by atoms with van der Waals surface area (Å²) >= 11 is 2.77. The third-order valence-corrected chi connectivity index (χ3v) is 7.83. The number of anilines is 1. The van der Waals surface area contributed by atoms with Gasteiger partial charge in [0, 0.05) is 17.9 Å². The van der Waals surface area contributed by atoms with E-state index in [-0.39, 0.29) is 11.8 Å². The number of nitrogens with zero attached hydrogens (tertiary/aromatic N) is 2. The number of hydrogen-bond donors (Lipinski definition) is 0. The molecule has 7 heteroatoms. The van der Waals surface area contributed by atoms with E-state index in [1.54, 1.807) is 21.9 Å². The highest BCUT2D eigenvalue weighted by molar-refractivity contribution is 8.01. The van der Waals surface area contributed by atoms with Gasteiger partial charge in [0.1, 0.15) is 5.82 Å². The van der Waals surface area contributed by atoms with Gasteiger partial charge in [0.15, 0.2) is 4.87 Å². The van der Waals surface area contributed by atoms with Crippen LogP contribution >= 0.6 is 23.1 Å². The smallest absolute Gasteiger partial charge is 0.268 e. The predicted octanol–water partition coefficient (Wildman–Crippen LogP) is 4.78. The maximum atomic E-state index is 14.3. The summed E-state index contributed by atoms with van der Waals surface area (Å²) in [6, 6.07) is 16.0. The minimum atomic E-state index is -1.22. The van der Waals surface area contributed by atoms with Crippen LogP contribution in [0.25, 0.3) is 0 Å². The summed E-state index contributed by atoms with van der Waals surface area (Å²) in [6.45, 7) is 2.83. The topological polar surface area (TPSA) is 40.6 Å². The average molecular weight is 439 g/mol. The van der Waals surface area contributed by atoms with Crippen molar-refractivity contribution < 1.29 is 14.0 Å². The molecule has 1 aromatic heterocycles. The number of hydrogen-bond acceptors (Lipinski definition) is 4. The minimum Gasteiger partial charge on any atom is -0.310 e. The number of benzene rings is 2. The molecule has 1 atom stereocenters. The Bertz CT molecular complexity index is 1150. The highest BCUT2D eigenvalue weighted by atomic mass is 32.2. The van der Waals surface area contributed by atoms with Gasteiger partial charge in [-0.3, -0.25) is 9.59 Å². The second kappa shape index (κ2) is 7.25. The van der Waals surface area contributed by atoms with E-state index in [9.17, 15) is 14.0 Å². The Labute approximate surface area is 182 Å². The van der Waals surface area contributed by atoms with Crippen molar-refractivity contribution >= 4 is 40.6 Å². The molecule has 1 spiro atoms. The van der Waals surface area contributed by atoms with E-state index in [1.165, 1.54) is 35.2 Å². The largest absolute Gasteiger partial charge is 0.310 e. The summed E-state index contributed by atoms with van der Waals surface area (Å²) in [7, 11) is 0. The van der Waals surface area contributed by atoms with Crippen LogP contribution in [0.15, 0.2) is 60.0 Å². The fourth-order valence-electron chi connectivity index (χ4n) is 4.27. The van der Waals surface area contributed by atoms with Gasteiger partial charge in [0.2, 0.25) is 0 Å². The van der Waals surface area contributed by atoms with Crippen molar-refractivity contribution in [2.24, 2.45) is 0 Å². The Balaban J connectivity index is 1.61. The summed E-state index contributed by atoms with van der Waals surface area (Å²) in [6.07, 6.45) is 0. The van der Waals surface area contributed by atoms with Crippen molar-refractivity contribution in [3.8, 4) is 0 Å². The van der Waals surface area contributed by atoms with Crippen molar-refractivity contribution in [2.75, 3.05) is 17.2 Å². The van der Waals surface area contributed by atoms with Gasteiger partial charge in [0.25, 0.3) is 11.8 Å². The Morgan fingerprint density at radius 3 is 2.80 bits per heavy atom. The summed E-state index contributed by atoms with van der Waals surface area (Å²) in [5.74, 6) is -0.154. The fourth-order valence-corrected chi connectivity index (χ4v) is 6.39. The van der Waals surface area contributed by atoms with Crippen LogP contribution in [-0.4, -0.2) is 29.0 Å². The van der Waals surface area contributed by atoms with Crippen LogP contribution in [0.4, 0.5) is 10.1 Å². The van der Waals surface area contributed by atoms with Crippen LogP contribution in [-0.2, 0) is 16.2 Å². The Morgan fingerprint density at radius 2 is 2.03 bits per heavy atom. The highest BCUT2D eigenvalue weighted by Crippen LogP contribution is 2.55. The zero-order chi connectivity index (χ0) is 20.9. The van der Waals surface area contributed by atoms with E-state index in [1.807, 2.05) is 42.6 Å². The van der Waals surface area contributed by atoms with Crippen LogP contribution in [0.5, 0.6) is 0 Å². The van der Waals surface area contributed by atoms with E-state index in [2.05, 4.69) is 0 Å². The lowest BCUT2D eigenvalue weighted by atomic mass is 10.1. The van der Waals surface area contributed by atoms with Crippen LogP contribution in [0, 0.1) is 12.7 Å². The summed E-state index contributed by atoms with van der Waals surface area (Å²) in [4.78, 5) is 29.8. The molecule has 1 fully saturated rings. The average Bonchev–Trinajstić information content (AvgIpc) is 3.45. The molecular formula is C23H19FN2O2S2. The van der Waals surface area contributed by atoms with E-state index >= 15 is 0 Å².